The predicted molar refractivity (Wildman–Crippen MR) is 95.3 cm³/mol. The van der Waals surface area contributed by atoms with Crippen LogP contribution >= 0.6 is 22.6 Å². The highest BCUT2D eigenvalue weighted by atomic mass is 127. The van der Waals surface area contributed by atoms with E-state index in [1.165, 1.54) is 18.3 Å². The predicted octanol–water partition coefficient (Wildman–Crippen LogP) is 2.75. The molecule has 1 aromatic heterocycles. The third-order valence-electron chi connectivity index (χ3n) is 3.73. The Kier molecular flexibility index (Phi) is 4.95. The Labute approximate surface area is 151 Å². The number of hydrogen-bond donors (Lipinski definition) is 2. The van der Waals surface area contributed by atoms with E-state index in [0.717, 1.165) is 9.77 Å². The maximum atomic E-state index is 14.1. The summed E-state index contributed by atoms with van der Waals surface area (Å²) in [4.78, 5) is 18.2. The van der Waals surface area contributed by atoms with Crippen LogP contribution in [0.15, 0.2) is 30.6 Å². The molecule has 0 saturated carbocycles. The van der Waals surface area contributed by atoms with Crippen molar-refractivity contribution in [1.29, 1.82) is 0 Å². The molecule has 8 heteroatoms. The number of likely N-dealkylation sites (tertiary alicyclic amines) is 1. The van der Waals surface area contributed by atoms with Crippen molar-refractivity contribution in [3.63, 3.8) is 0 Å². The highest BCUT2D eigenvalue weighted by Crippen LogP contribution is 2.25. The van der Waals surface area contributed by atoms with Crippen molar-refractivity contribution in [2.45, 2.75) is 6.04 Å². The maximum Gasteiger partial charge on any atom is 0.256 e. The van der Waals surface area contributed by atoms with E-state index < -0.39 is 17.5 Å². The van der Waals surface area contributed by atoms with Crippen LogP contribution in [0.4, 0.5) is 20.2 Å². The SMILES string of the molecule is CN1CC(NC(=O)c2c(F)cncc2Nc2ccc(I)cc2F)C1. The lowest BCUT2D eigenvalue weighted by Crippen LogP contribution is -2.57. The number of nitrogens with one attached hydrogen (secondary N) is 2. The van der Waals surface area contributed by atoms with E-state index in [4.69, 9.17) is 0 Å². The first-order chi connectivity index (χ1) is 11.4. The van der Waals surface area contributed by atoms with Crippen LogP contribution in [0.5, 0.6) is 0 Å². The van der Waals surface area contributed by atoms with Gasteiger partial charge < -0.3 is 15.5 Å². The number of carbonyl (C=O) groups is 1. The first kappa shape index (κ1) is 17.0. The molecule has 0 unspecified atom stereocenters. The van der Waals surface area contributed by atoms with E-state index in [-0.39, 0.29) is 23.0 Å². The van der Waals surface area contributed by atoms with Crippen LogP contribution in [0.25, 0.3) is 0 Å². The van der Waals surface area contributed by atoms with Gasteiger partial charge in [-0.1, -0.05) is 0 Å². The fraction of sp³-hybridized carbons (Fsp3) is 0.250. The summed E-state index contributed by atoms with van der Waals surface area (Å²) in [6, 6.07) is 4.57. The van der Waals surface area contributed by atoms with Crippen LogP contribution in [0.2, 0.25) is 0 Å². The monoisotopic (exact) mass is 444 g/mol. The summed E-state index contributed by atoms with van der Waals surface area (Å²) in [6.45, 7) is 1.43. The van der Waals surface area contributed by atoms with E-state index in [1.807, 2.05) is 34.5 Å². The normalized spacial score (nSPS) is 15.0. The van der Waals surface area contributed by atoms with Crippen LogP contribution in [-0.4, -0.2) is 42.0 Å². The number of halogens is 3. The van der Waals surface area contributed by atoms with Crippen molar-refractivity contribution in [2.75, 3.05) is 25.5 Å². The number of pyridine rings is 1. The van der Waals surface area contributed by atoms with Crippen LogP contribution in [0.1, 0.15) is 10.4 Å². The summed E-state index contributed by atoms with van der Waals surface area (Å²) in [7, 11) is 1.93. The Hall–Kier alpha value is -1.81. The number of rotatable bonds is 4. The standard InChI is InChI=1S/C16H15F2IN4O/c1-23-7-10(8-23)21-16(24)15-12(18)5-20-6-14(15)22-13-3-2-9(19)4-11(13)17/h2-6,10,22H,7-8H2,1H3,(H,21,24). The molecular weight excluding hydrogens is 429 g/mol. The topological polar surface area (TPSA) is 57.3 Å². The molecule has 1 aliphatic rings. The Bertz CT molecular complexity index is 781. The van der Waals surface area contributed by atoms with Gasteiger partial charge in [0.15, 0.2) is 5.82 Å². The first-order valence-electron chi connectivity index (χ1n) is 7.29. The van der Waals surface area contributed by atoms with E-state index in [2.05, 4.69) is 15.6 Å². The lowest BCUT2D eigenvalue weighted by atomic mass is 10.1. The number of benzene rings is 1. The molecule has 1 amide bonds. The third kappa shape index (κ3) is 3.64. The van der Waals surface area contributed by atoms with Crippen molar-refractivity contribution in [2.24, 2.45) is 0 Å². The molecule has 1 saturated heterocycles. The van der Waals surface area contributed by atoms with E-state index in [0.29, 0.717) is 13.1 Å². The van der Waals surface area contributed by atoms with Gasteiger partial charge in [-0.15, -0.1) is 0 Å². The molecule has 1 fully saturated rings. The van der Waals surface area contributed by atoms with Crippen LogP contribution < -0.4 is 10.6 Å². The van der Waals surface area contributed by atoms with Gasteiger partial charge in [0.1, 0.15) is 11.4 Å². The van der Waals surface area contributed by atoms with Gasteiger partial charge in [0.05, 0.1) is 29.8 Å². The van der Waals surface area contributed by atoms with Gasteiger partial charge in [-0.05, 0) is 47.8 Å². The average Bonchev–Trinajstić information content (AvgIpc) is 2.48. The van der Waals surface area contributed by atoms with Gasteiger partial charge in [0.25, 0.3) is 5.91 Å². The first-order valence-corrected chi connectivity index (χ1v) is 8.37. The zero-order valence-corrected chi connectivity index (χ0v) is 15.0. The second kappa shape index (κ2) is 6.98. The van der Waals surface area contributed by atoms with Gasteiger partial charge in [0.2, 0.25) is 0 Å². The smallest absolute Gasteiger partial charge is 0.256 e. The molecule has 126 valence electrons. The summed E-state index contributed by atoms with van der Waals surface area (Å²) < 4.78 is 28.9. The Morgan fingerprint density at radius 1 is 1.25 bits per heavy atom. The average molecular weight is 444 g/mol. The molecule has 24 heavy (non-hydrogen) atoms. The van der Waals surface area contributed by atoms with E-state index >= 15 is 0 Å². The summed E-state index contributed by atoms with van der Waals surface area (Å²) >= 11 is 1.99. The van der Waals surface area contributed by atoms with Crippen molar-refractivity contribution in [3.8, 4) is 0 Å². The van der Waals surface area contributed by atoms with Crippen LogP contribution in [-0.2, 0) is 0 Å². The largest absolute Gasteiger partial charge is 0.351 e. The molecule has 0 spiro atoms. The molecule has 2 N–H and O–H groups in total. The molecule has 2 heterocycles. The van der Waals surface area contributed by atoms with Crippen molar-refractivity contribution in [3.05, 3.63) is 51.4 Å². The fourth-order valence-electron chi connectivity index (χ4n) is 2.54. The third-order valence-corrected chi connectivity index (χ3v) is 4.40. The molecule has 0 radical (unpaired) electrons. The molecule has 0 atom stereocenters. The molecular formula is C16H15F2IN4O. The fourth-order valence-corrected chi connectivity index (χ4v) is 3.00. The number of nitrogens with zero attached hydrogens (tertiary/aromatic N) is 2. The van der Waals surface area contributed by atoms with Gasteiger partial charge in [-0.3, -0.25) is 9.78 Å². The van der Waals surface area contributed by atoms with Gasteiger partial charge in [0, 0.05) is 16.7 Å². The second-order valence-electron chi connectivity index (χ2n) is 5.68. The number of anilines is 2. The van der Waals surface area contributed by atoms with Crippen LogP contribution in [0, 0.1) is 15.2 Å². The lowest BCUT2D eigenvalue weighted by Gasteiger charge is -2.36. The minimum absolute atomic E-state index is 0.0158. The van der Waals surface area contributed by atoms with Crippen LogP contribution in [0.3, 0.4) is 0 Å². The lowest BCUT2D eigenvalue weighted by molar-refractivity contribution is 0.0854. The number of aromatic nitrogens is 1. The van der Waals surface area contributed by atoms with Gasteiger partial charge in [-0.25, -0.2) is 8.78 Å². The Morgan fingerprint density at radius 2 is 2.00 bits per heavy atom. The van der Waals surface area contributed by atoms with Gasteiger partial charge >= 0.3 is 0 Å². The van der Waals surface area contributed by atoms with Gasteiger partial charge in [-0.2, -0.15) is 0 Å². The van der Waals surface area contributed by atoms with Crippen molar-refractivity contribution >= 4 is 39.9 Å². The minimum atomic E-state index is -0.754. The van der Waals surface area contributed by atoms with E-state index in [1.54, 1.807) is 6.07 Å². The highest BCUT2D eigenvalue weighted by Gasteiger charge is 2.27. The molecule has 1 aromatic carbocycles. The molecule has 2 aromatic rings. The Balaban J connectivity index is 1.85. The molecule has 0 bridgehead atoms. The zero-order valence-electron chi connectivity index (χ0n) is 12.8. The zero-order chi connectivity index (χ0) is 17.3. The molecule has 0 aliphatic carbocycles. The summed E-state index contributed by atoms with van der Waals surface area (Å²) in [5, 5.41) is 5.53. The summed E-state index contributed by atoms with van der Waals surface area (Å²) in [6.07, 6.45) is 2.28. The number of hydrogen-bond acceptors (Lipinski definition) is 4. The number of likely N-dealkylation sites (N-methyl/N-ethyl adjacent to an activating group) is 1. The maximum absolute atomic E-state index is 14.1. The summed E-state index contributed by atoms with van der Waals surface area (Å²) in [5.41, 5.74) is 0.109. The second-order valence-corrected chi connectivity index (χ2v) is 6.93. The quantitative estimate of drug-likeness (QED) is 0.713. The highest BCUT2D eigenvalue weighted by molar-refractivity contribution is 14.1. The number of amides is 1. The molecule has 5 nitrogen and oxygen atoms in total. The molecule has 1 aliphatic heterocycles. The Morgan fingerprint density at radius 3 is 2.67 bits per heavy atom. The molecule has 3 rings (SSSR count). The summed E-state index contributed by atoms with van der Waals surface area (Å²) in [5.74, 6) is -1.78. The van der Waals surface area contributed by atoms with E-state index in [9.17, 15) is 13.6 Å². The number of carbonyl (C=O) groups excluding carboxylic acids is 1. The van der Waals surface area contributed by atoms with Crippen molar-refractivity contribution < 1.29 is 13.6 Å². The van der Waals surface area contributed by atoms with Crippen molar-refractivity contribution in [1.82, 2.24) is 15.2 Å². The minimum Gasteiger partial charge on any atom is -0.351 e.